The molecule has 0 atom stereocenters. The highest BCUT2D eigenvalue weighted by atomic mass is 16.5. The quantitative estimate of drug-likeness (QED) is 0.484. The van der Waals surface area contributed by atoms with Crippen molar-refractivity contribution in [3.05, 3.63) is 53.7 Å². The Kier molecular flexibility index (Phi) is 6.47. The van der Waals surface area contributed by atoms with Crippen molar-refractivity contribution in [1.82, 2.24) is 5.32 Å². The van der Waals surface area contributed by atoms with E-state index in [0.29, 0.717) is 6.29 Å². The highest BCUT2D eigenvalue weighted by Crippen LogP contribution is 2.03. The topological polar surface area (TPSA) is 72.5 Å². The van der Waals surface area contributed by atoms with Gasteiger partial charge in [-0.25, -0.2) is 4.79 Å². The Hall–Kier alpha value is -2.69. The number of carbonyl (C=O) groups is 3. The third-order valence-electron chi connectivity index (χ3n) is 2.17. The number of nitrogens with one attached hydrogen (secondary N) is 1. The summed E-state index contributed by atoms with van der Waals surface area (Å²) in [6.07, 6.45) is 4.08. The van der Waals surface area contributed by atoms with E-state index >= 15 is 0 Å². The number of amides is 1. The molecular formula is C15H15NO4. The molecule has 0 spiro atoms. The van der Waals surface area contributed by atoms with Crippen molar-refractivity contribution in [1.29, 1.82) is 0 Å². The van der Waals surface area contributed by atoms with Crippen LogP contribution in [0, 0.1) is 0 Å². The number of aldehydes is 1. The zero-order chi connectivity index (χ0) is 14.8. The second-order valence-electron chi connectivity index (χ2n) is 3.70. The minimum absolute atomic E-state index is 0.106. The smallest absolute Gasteiger partial charge is 0.330 e. The van der Waals surface area contributed by atoms with Gasteiger partial charge in [0.25, 0.3) is 0 Å². The lowest BCUT2D eigenvalue weighted by Gasteiger charge is -2.01. The Bertz CT molecular complexity index is 532. The zero-order valence-electron chi connectivity index (χ0n) is 11.0. The fourth-order valence-corrected chi connectivity index (χ4v) is 1.35. The van der Waals surface area contributed by atoms with Gasteiger partial charge in [-0.05, 0) is 18.6 Å². The first-order chi connectivity index (χ1) is 9.65. The van der Waals surface area contributed by atoms with Crippen LogP contribution in [0.2, 0.25) is 0 Å². The molecule has 1 amide bonds. The molecule has 0 heterocycles. The molecule has 5 heteroatoms. The van der Waals surface area contributed by atoms with Crippen LogP contribution in [0.15, 0.2) is 48.2 Å². The molecule has 20 heavy (non-hydrogen) atoms. The van der Waals surface area contributed by atoms with Crippen molar-refractivity contribution in [2.75, 3.05) is 6.61 Å². The van der Waals surface area contributed by atoms with E-state index in [9.17, 15) is 14.4 Å². The van der Waals surface area contributed by atoms with Crippen LogP contribution < -0.4 is 5.32 Å². The summed E-state index contributed by atoms with van der Waals surface area (Å²) in [7, 11) is 0. The zero-order valence-corrected chi connectivity index (χ0v) is 11.0. The monoisotopic (exact) mass is 273 g/mol. The van der Waals surface area contributed by atoms with Crippen LogP contribution in [0.5, 0.6) is 0 Å². The molecule has 0 aliphatic carbocycles. The standard InChI is InChI=1S/C15H15NO4/c1-2-20-15(19)9-8-14(18)16-13(11-17)10-12-6-4-3-5-7-12/h3-11H,2H2,1H3,(H,16,18)/b9-8+,13-10+. The minimum atomic E-state index is -0.609. The molecule has 0 saturated heterocycles. The van der Waals surface area contributed by atoms with E-state index in [0.717, 1.165) is 17.7 Å². The fourth-order valence-electron chi connectivity index (χ4n) is 1.35. The number of esters is 1. The maximum Gasteiger partial charge on any atom is 0.330 e. The predicted octanol–water partition coefficient (Wildman–Crippen LogP) is 1.46. The van der Waals surface area contributed by atoms with E-state index in [1.807, 2.05) is 18.2 Å². The number of ether oxygens (including phenoxy) is 1. The molecule has 0 radical (unpaired) electrons. The second kappa shape index (κ2) is 8.42. The highest BCUT2D eigenvalue weighted by molar-refractivity contribution is 5.98. The van der Waals surface area contributed by atoms with Crippen molar-refractivity contribution in [3.8, 4) is 0 Å². The van der Waals surface area contributed by atoms with Crippen molar-refractivity contribution in [2.24, 2.45) is 0 Å². The van der Waals surface area contributed by atoms with Crippen LogP contribution in [0.1, 0.15) is 12.5 Å². The molecule has 0 bridgehead atoms. The molecule has 0 fully saturated rings. The number of hydrogen-bond acceptors (Lipinski definition) is 4. The van der Waals surface area contributed by atoms with Gasteiger partial charge in [-0.2, -0.15) is 0 Å². The van der Waals surface area contributed by atoms with E-state index in [-0.39, 0.29) is 12.3 Å². The van der Waals surface area contributed by atoms with E-state index in [1.54, 1.807) is 19.1 Å². The number of rotatable bonds is 6. The third-order valence-corrected chi connectivity index (χ3v) is 2.17. The van der Waals surface area contributed by atoms with Crippen LogP contribution >= 0.6 is 0 Å². The van der Waals surface area contributed by atoms with Gasteiger partial charge in [0.05, 0.1) is 12.3 Å². The number of allylic oxidation sites excluding steroid dienone is 1. The number of benzene rings is 1. The van der Waals surface area contributed by atoms with Crippen molar-refractivity contribution in [2.45, 2.75) is 6.92 Å². The van der Waals surface area contributed by atoms with Crippen LogP contribution in [0.25, 0.3) is 6.08 Å². The Labute approximate surface area is 116 Å². The average Bonchev–Trinajstić information content (AvgIpc) is 2.46. The Morgan fingerprint density at radius 2 is 1.90 bits per heavy atom. The molecule has 104 valence electrons. The first-order valence-electron chi connectivity index (χ1n) is 6.03. The largest absolute Gasteiger partial charge is 0.463 e. The Balaban J connectivity index is 2.65. The lowest BCUT2D eigenvalue weighted by atomic mass is 10.2. The number of hydrogen-bond donors (Lipinski definition) is 1. The molecule has 0 unspecified atom stereocenters. The van der Waals surface area contributed by atoms with Crippen LogP contribution in [-0.4, -0.2) is 24.8 Å². The summed E-state index contributed by atoms with van der Waals surface area (Å²) in [5.74, 6) is -1.19. The van der Waals surface area contributed by atoms with Gasteiger partial charge in [-0.3, -0.25) is 9.59 Å². The number of carbonyl (C=O) groups excluding carboxylic acids is 3. The van der Waals surface area contributed by atoms with E-state index in [2.05, 4.69) is 10.1 Å². The predicted molar refractivity (Wildman–Crippen MR) is 74.4 cm³/mol. The molecule has 0 aliphatic rings. The summed E-state index contributed by atoms with van der Waals surface area (Å²) < 4.78 is 4.63. The molecule has 1 aromatic carbocycles. The van der Waals surface area contributed by atoms with Crippen LogP contribution in [-0.2, 0) is 19.1 Å². The van der Waals surface area contributed by atoms with Crippen LogP contribution in [0.3, 0.4) is 0 Å². The van der Waals surface area contributed by atoms with Crippen molar-refractivity contribution >= 4 is 24.2 Å². The second-order valence-corrected chi connectivity index (χ2v) is 3.70. The first kappa shape index (κ1) is 15.4. The van der Waals surface area contributed by atoms with Gasteiger partial charge in [0, 0.05) is 12.2 Å². The molecule has 1 aromatic rings. The summed E-state index contributed by atoms with van der Waals surface area (Å²) in [5.41, 5.74) is 0.888. The first-order valence-corrected chi connectivity index (χ1v) is 6.03. The Morgan fingerprint density at radius 1 is 1.20 bits per heavy atom. The lowest BCUT2D eigenvalue weighted by Crippen LogP contribution is -2.21. The van der Waals surface area contributed by atoms with Gasteiger partial charge in [-0.15, -0.1) is 0 Å². The maximum atomic E-state index is 11.5. The normalized spacial score (nSPS) is 11.2. The van der Waals surface area contributed by atoms with Crippen LogP contribution in [0.4, 0.5) is 0 Å². The summed E-state index contributed by atoms with van der Waals surface area (Å²) in [4.78, 5) is 33.4. The van der Waals surface area contributed by atoms with Gasteiger partial charge in [0.2, 0.25) is 5.91 Å². The van der Waals surface area contributed by atoms with Crippen molar-refractivity contribution < 1.29 is 19.1 Å². The molecule has 0 aliphatic heterocycles. The van der Waals surface area contributed by atoms with E-state index < -0.39 is 11.9 Å². The SMILES string of the molecule is CCOC(=O)/C=C/C(=O)N/C(C=O)=C/c1ccccc1. The summed E-state index contributed by atoms with van der Waals surface area (Å²) in [5, 5.41) is 2.37. The van der Waals surface area contributed by atoms with Gasteiger partial charge >= 0.3 is 5.97 Å². The fraction of sp³-hybridized carbons (Fsp3) is 0.133. The lowest BCUT2D eigenvalue weighted by molar-refractivity contribution is -0.137. The molecule has 5 nitrogen and oxygen atoms in total. The minimum Gasteiger partial charge on any atom is -0.463 e. The third kappa shape index (κ3) is 5.77. The summed E-state index contributed by atoms with van der Waals surface area (Å²) in [6.45, 7) is 1.90. The van der Waals surface area contributed by atoms with E-state index in [1.165, 1.54) is 6.08 Å². The summed E-state index contributed by atoms with van der Waals surface area (Å²) >= 11 is 0. The molecule has 0 aromatic heterocycles. The Morgan fingerprint density at radius 3 is 2.50 bits per heavy atom. The van der Waals surface area contributed by atoms with Gasteiger partial charge in [0.15, 0.2) is 6.29 Å². The maximum absolute atomic E-state index is 11.5. The highest BCUT2D eigenvalue weighted by Gasteiger charge is 2.02. The molecule has 0 saturated carbocycles. The van der Waals surface area contributed by atoms with Gasteiger partial charge < -0.3 is 10.1 Å². The average molecular weight is 273 g/mol. The van der Waals surface area contributed by atoms with Gasteiger partial charge in [-0.1, -0.05) is 30.3 Å². The van der Waals surface area contributed by atoms with Gasteiger partial charge in [0.1, 0.15) is 0 Å². The molecule has 1 rings (SSSR count). The van der Waals surface area contributed by atoms with E-state index in [4.69, 9.17) is 0 Å². The summed E-state index contributed by atoms with van der Waals surface area (Å²) in [6, 6.07) is 9.07. The van der Waals surface area contributed by atoms with Crippen molar-refractivity contribution in [3.63, 3.8) is 0 Å². The molecular weight excluding hydrogens is 258 g/mol. The molecule has 1 N–H and O–H groups in total.